The Balaban J connectivity index is 1.65. The molecule has 3 aromatic rings. The molecule has 2 aromatic heterocycles. The van der Waals surface area contributed by atoms with Crippen molar-refractivity contribution in [3.05, 3.63) is 48.4 Å². The molecule has 1 aromatic carbocycles. The maximum absolute atomic E-state index is 5.49. The van der Waals surface area contributed by atoms with Crippen molar-refractivity contribution in [3.63, 3.8) is 0 Å². The lowest BCUT2D eigenvalue weighted by Crippen LogP contribution is -2.42. The zero-order valence-corrected chi connectivity index (χ0v) is 11.4. The van der Waals surface area contributed by atoms with Crippen LogP contribution in [0.1, 0.15) is 18.4 Å². The van der Waals surface area contributed by atoms with Gasteiger partial charge in [0, 0.05) is 28.7 Å². The summed E-state index contributed by atoms with van der Waals surface area (Å²) < 4.78 is 5.49. The minimum absolute atomic E-state index is 0.716. The lowest BCUT2D eigenvalue weighted by molar-refractivity contribution is 0.351. The Morgan fingerprint density at radius 2 is 2.20 bits per heavy atom. The number of nitrogens with one attached hydrogen (secondary N) is 2. The Morgan fingerprint density at radius 1 is 1.25 bits per heavy atom. The van der Waals surface area contributed by atoms with E-state index in [1.807, 2.05) is 12.1 Å². The van der Waals surface area contributed by atoms with Crippen LogP contribution in [0.15, 0.2) is 47.2 Å². The van der Waals surface area contributed by atoms with Crippen molar-refractivity contribution in [1.82, 2.24) is 10.3 Å². The molecule has 1 aliphatic heterocycles. The van der Waals surface area contributed by atoms with Gasteiger partial charge >= 0.3 is 0 Å². The van der Waals surface area contributed by atoms with Crippen molar-refractivity contribution in [2.45, 2.75) is 25.3 Å². The third-order valence-corrected chi connectivity index (χ3v) is 4.26. The van der Waals surface area contributed by atoms with Gasteiger partial charge in [0.2, 0.25) is 0 Å². The second-order valence-electron chi connectivity index (χ2n) is 5.53. The Bertz CT molecular complexity index is 708. The molecule has 3 heteroatoms. The molecule has 3 heterocycles. The van der Waals surface area contributed by atoms with Gasteiger partial charge in [-0.05, 0) is 61.7 Å². The summed E-state index contributed by atoms with van der Waals surface area (Å²) in [4.78, 5) is 3.37. The minimum atomic E-state index is 0.716. The van der Waals surface area contributed by atoms with Gasteiger partial charge in [-0.25, -0.2) is 0 Å². The Labute approximate surface area is 118 Å². The van der Waals surface area contributed by atoms with Crippen LogP contribution in [0, 0.1) is 0 Å². The van der Waals surface area contributed by atoms with Crippen molar-refractivity contribution in [2.24, 2.45) is 0 Å². The van der Waals surface area contributed by atoms with E-state index in [2.05, 4.69) is 34.7 Å². The summed E-state index contributed by atoms with van der Waals surface area (Å²) in [6.07, 6.45) is 7.53. The predicted octanol–water partition coefficient (Wildman–Crippen LogP) is 3.72. The average molecular weight is 266 g/mol. The number of furan rings is 1. The summed E-state index contributed by atoms with van der Waals surface area (Å²) in [5.41, 5.74) is 3.75. The maximum Gasteiger partial charge on any atom is 0.133 e. The molecule has 102 valence electrons. The van der Waals surface area contributed by atoms with Crippen LogP contribution in [-0.2, 0) is 6.42 Å². The monoisotopic (exact) mass is 266 g/mol. The van der Waals surface area contributed by atoms with E-state index in [-0.39, 0.29) is 0 Å². The fraction of sp³-hybridized carbons (Fsp3) is 0.294. The normalized spacial score (nSPS) is 18.3. The van der Waals surface area contributed by atoms with Crippen LogP contribution in [0.25, 0.3) is 22.2 Å². The highest BCUT2D eigenvalue weighted by Gasteiger charge is 2.16. The fourth-order valence-corrected chi connectivity index (χ4v) is 2.91. The third kappa shape index (κ3) is 2.04. The van der Waals surface area contributed by atoms with Crippen LogP contribution < -0.4 is 5.32 Å². The molecule has 20 heavy (non-hydrogen) atoms. The maximum atomic E-state index is 5.49. The zero-order chi connectivity index (χ0) is 13.4. The van der Waals surface area contributed by atoms with Gasteiger partial charge in [0.25, 0.3) is 0 Å². The average Bonchev–Trinajstić information content (AvgIpc) is 3.05. The van der Waals surface area contributed by atoms with E-state index in [0.717, 1.165) is 17.7 Å². The number of aryl methyl sites for hydroxylation is 1. The van der Waals surface area contributed by atoms with E-state index in [9.17, 15) is 0 Å². The molecule has 0 radical (unpaired) electrons. The van der Waals surface area contributed by atoms with Crippen molar-refractivity contribution in [2.75, 3.05) is 6.54 Å². The number of aromatic nitrogens is 1. The zero-order valence-electron chi connectivity index (χ0n) is 11.4. The SMILES string of the molecule is c1coc(-c2ccc3[nH]cc(CCC4CCN4)c3c2)c1. The molecule has 3 nitrogen and oxygen atoms in total. The first-order valence-corrected chi connectivity index (χ1v) is 7.27. The molecule has 0 amide bonds. The van der Waals surface area contributed by atoms with Gasteiger partial charge in [-0.3, -0.25) is 0 Å². The van der Waals surface area contributed by atoms with Gasteiger partial charge in [-0.1, -0.05) is 0 Å². The summed E-state index contributed by atoms with van der Waals surface area (Å²) in [7, 11) is 0. The molecule has 1 unspecified atom stereocenters. The first-order valence-electron chi connectivity index (χ1n) is 7.27. The molecule has 0 spiro atoms. The van der Waals surface area contributed by atoms with Crippen molar-refractivity contribution in [3.8, 4) is 11.3 Å². The van der Waals surface area contributed by atoms with Gasteiger partial charge in [0.15, 0.2) is 0 Å². The number of H-pyrrole nitrogens is 1. The Morgan fingerprint density at radius 3 is 2.95 bits per heavy atom. The van der Waals surface area contributed by atoms with E-state index >= 15 is 0 Å². The van der Waals surface area contributed by atoms with Crippen LogP contribution in [0.5, 0.6) is 0 Å². The number of hydrogen-bond acceptors (Lipinski definition) is 2. The number of hydrogen-bond donors (Lipinski definition) is 2. The molecule has 1 fully saturated rings. The van der Waals surface area contributed by atoms with E-state index in [1.165, 1.54) is 35.9 Å². The standard InChI is InChI=1S/C17H18N2O/c1-2-17(20-9-1)12-4-6-16-15(10-12)13(11-19-16)3-5-14-7-8-18-14/h1-2,4,6,9-11,14,18-19H,3,5,7-8H2. The van der Waals surface area contributed by atoms with Crippen LogP contribution in [-0.4, -0.2) is 17.6 Å². The fourth-order valence-electron chi connectivity index (χ4n) is 2.91. The Kier molecular flexibility index (Phi) is 2.85. The number of benzene rings is 1. The van der Waals surface area contributed by atoms with Crippen LogP contribution in [0.3, 0.4) is 0 Å². The molecule has 2 N–H and O–H groups in total. The predicted molar refractivity (Wildman–Crippen MR) is 80.7 cm³/mol. The summed E-state index contributed by atoms with van der Waals surface area (Å²) in [6.45, 7) is 1.18. The number of fused-ring (bicyclic) bond motifs is 1. The van der Waals surface area contributed by atoms with Crippen molar-refractivity contribution >= 4 is 10.9 Å². The molecule has 1 atom stereocenters. The van der Waals surface area contributed by atoms with Gasteiger partial charge in [0.1, 0.15) is 5.76 Å². The van der Waals surface area contributed by atoms with E-state index in [1.54, 1.807) is 6.26 Å². The lowest BCUT2D eigenvalue weighted by atomic mass is 9.97. The molecule has 0 bridgehead atoms. The van der Waals surface area contributed by atoms with Crippen LogP contribution in [0.4, 0.5) is 0 Å². The highest BCUT2D eigenvalue weighted by atomic mass is 16.3. The highest BCUT2D eigenvalue weighted by Crippen LogP contribution is 2.27. The molecule has 0 aliphatic carbocycles. The minimum Gasteiger partial charge on any atom is -0.464 e. The summed E-state index contributed by atoms with van der Waals surface area (Å²) in [6, 6.07) is 11.1. The van der Waals surface area contributed by atoms with Gasteiger partial charge in [0.05, 0.1) is 6.26 Å². The molecular weight excluding hydrogens is 248 g/mol. The van der Waals surface area contributed by atoms with Crippen LogP contribution in [0.2, 0.25) is 0 Å². The lowest BCUT2D eigenvalue weighted by Gasteiger charge is -2.27. The number of aromatic amines is 1. The smallest absolute Gasteiger partial charge is 0.133 e. The molecule has 1 aliphatic rings. The van der Waals surface area contributed by atoms with Crippen molar-refractivity contribution in [1.29, 1.82) is 0 Å². The van der Waals surface area contributed by atoms with Gasteiger partial charge < -0.3 is 14.7 Å². The first-order chi connectivity index (χ1) is 9.90. The highest BCUT2D eigenvalue weighted by molar-refractivity contribution is 5.87. The Hall–Kier alpha value is -2.00. The van der Waals surface area contributed by atoms with Crippen LogP contribution >= 0.6 is 0 Å². The molecular formula is C17H18N2O. The summed E-state index contributed by atoms with van der Waals surface area (Å²) in [5.74, 6) is 0.930. The third-order valence-electron chi connectivity index (χ3n) is 4.26. The largest absolute Gasteiger partial charge is 0.464 e. The topological polar surface area (TPSA) is 41.0 Å². The molecule has 1 saturated heterocycles. The van der Waals surface area contributed by atoms with Crippen molar-refractivity contribution < 1.29 is 4.42 Å². The summed E-state index contributed by atoms with van der Waals surface area (Å²) >= 11 is 0. The van der Waals surface area contributed by atoms with Gasteiger partial charge in [-0.15, -0.1) is 0 Å². The first kappa shape index (κ1) is 11.8. The second-order valence-corrected chi connectivity index (χ2v) is 5.53. The molecule has 0 saturated carbocycles. The van der Waals surface area contributed by atoms with Gasteiger partial charge in [-0.2, -0.15) is 0 Å². The number of rotatable bonds is 4. The summed E-state index contributed by atoms with van der Waals surface area (Å²) in [5, 5.41) is 4.78. The second kappa shape index (κ2) is 4.84. The molecule has 4 rings (SSSR count). The van der Waals surface area contributed by atoms with E-state index in [0.29, 0.717) is 6.04 Å². The van der Waals surface area contributed by atoms with E-state index < -0.39 is 0 Å². The van der Waals surface area contributed by atoms with E-state index in [4.69, 9.17) is 4.42 Å². The quantitative estimate of drug-likeness (QED) is 0.755.